The fraction of sp³-hybridized carbons (Fsp3) is 0.786. The van der Waals surface area contributed by atoms with Crippen molar-refractivity contribution in [2.24, 2.45) is 17.6 Å². The molecule has 3 atom stereocenters. The van der Waals surface area contributed by atoms with Gasteiger partial charge < -0.3 is 15.0 Å². The molecule has 1 aliphatic heterocycles. The average Bonchev–Trinajstić information content (AvgIpc) is 2.98. The number of ether oxygens (including phenoxy) is 1. The smallest absolute Gasteiger partial charge is 0.0951 e. The molecular formula is C14H25N3O. The Labute approximate surface area is 110 Å². The number of rotatable bonds is 5. The molecule has 3 unspecified atom stereocenters. The van der Waals surface area contributed by atoms with Crippen molar-refractivity contribution < 1.29 is 4.74 Å². The zero-order valence-electron chi connectivity index (χ0n) is 11.7. The zero-order valence-corrected chi connectivity index (χ0v) is 11.7. The molecule has 2 rings (SSSR count). The average molecular weight is 251 g/mol. The Kier molecular flexibility index (Phi) is 4.40. The van der Waals surface area contributed by atoms with Crippen LogP contribution >= 0.6 is 0 Å². The van der Waals surface area contributed by atoms with Gasteiger partial charge >= 0.3 is 0 Å². The summed E-state index contributed by atoms with van der Waals surface area (Å²) in [4.78, 5) is 4.29. The number of imidazole rings is 1. The second-order valence-corrected chi connectivity index (χ2v) is 5.85. The van der Waals surface area contributed by atoms with E-state index >= 15 is 0 Å². The summed E-state index contributed by atoms with van der Waals surface area (Å²) in [5.41, 5.74) is 7.52. The normalized spacial score (nSPS) is 23.5. The van der Waals surface area contributed by atoms with E-state index in [4.69, 9.17) is 10.5 Å². The minimum Gasteiger partial charge on any atom is -0.381 e. The molecule has 4 heteroatoms. The maximum atomic E-state index is 6.37. The van der Waals surface area contributed by atoms with Gasteiger partial charge in [-0.1, -0.05) is 13.8 Å². The van der Waals surface area contributed by atoms with Crippen molar-refractivity contribution in [3.63, 3.8) is 0 Å². The quantitative estimate of drug-likeness (QED) is 0.875. The minimum absolute atomic E-state index is 0.0459. The summed E-state index contributed by atoms with van der Waals surface area (Å²) in [7, 11) is 0. The highest BCUT2D eigenvalue weighted by atomic mass is 16.5. The van der Waals surface area contributed by atoms with Crippen LogP contribution in [0, 0.1) is 11.8 Å². The highest BCUT2D eigenvalue weighted by Crippen LogP contribution is 2.29. The van der Waals surface area contributed by atoms with Crippen LogP contribution in [-0.4, -0.2) is 22.8 Å². The van der Waals surface area contributed by atoms with E-state index in [0.717, 1.165) is 31.7 Å². The van der Waals surface area contributed by atoms with E-state index in [2.05, 4.69) is 30.3 Å². The van der Waals surface area contributed by atoms with Gasteiger partial charge in [-0.2, -0.15) is 0 Å². The predicted molar refractivity (Wildman–Crippen MR) is 72.2 cm³/mol. The lowest BCUT2D eigenvalue weighted by atomic mass is 9.96. The van der Waals surface area contributed by atoms with Crippen LogP contribution < -0.4 is 5.73 Å². The molecule has 2 heterocycles. The molecule has 1 aromatic rings. The van der Waals surface area contributed by atoms with Crippen LogP contribution in [0.4, 0.5) is 0 Å². The molecule has 0 radical (unpaired) electrons. The fourth-order valence-corrected chi connectivity index (χ4v) is 2.81. The molecule has 102 valence electrons. The molecule has 2 N–H and O–H groups in total. The summed E-state index contributed by atoms with van der Waals surface area (Å²) in [5, 5.41) is 0. The first-order valence-electron chi connectivity index (χ1n) is 6.94. The third-order valence-corrected chi connectivity index (χ3v) is 3.80. The molecule has 0 spiro atoms. The summed E-state index contributed by atoms with van der Waals surface area (Å²) in [6, 6.07) is 0.500. The van der Waals surface area contributed by atoms with Gasteiger partial charge in [0.25, 0.3) is 0 Å². The van der Waals surface area contributed by atoms with Gasteiger partial charge in [-0.25, -0.2) is 4.98 Å². The van der Waals surface area contributed by atoms with Gasteiger partial charge in [0.05, 0.1) is 24.7 Å². The number of nitrogens with two attached hydrogens (primary N) is 1. The van der Waals surface area contributed by atoms with Gasteiger partial charge in [-0.05, 0) is 25.7 Å². The summed E-state index contributed by atoms with van der Waals surface area (Å²) in [5.74, 6) is 1.12. The summed E-state index contributed by atoms with van der Waals surface area (Å²) >= 11 is 0. The summed E-state index contributed by atoms with van der Waals surface area (Å²) in [6.07, 6.45) is 6.04. The lowest BCUT2D eigenvalue weighted by molar-refractivity contribution is 0.180. The Balaban J connectivity index is 2.10. The first kappa shape index (κ1) is 13.6. The summed E-state index contributed by atoms with van der Waals surface area (Å²) in [6.45, 7) is 8.36. The topological polar surface area (TPSA) is 53.1 Å². The SMILES string of the molecule is CC(C)CC(C)n1cncc1C(N)C1CCOC1. The van der Waals surface area contributed by atoms with Crippen molar-refractivity contribution in [2.45, 2.75) is 45.7 Å². The Morgan fingerprint density at radius 3 is 2.89 bits per heavy atom. The van der Waals surface area contributed by atoms with E-state index in [1.54, 1.807) is 0 Å². The lowest BCUT2D eigenvalue weighted by Gasteiger charge is -2.24. The monoisotopic (exact) mass is 251 g/mol. The standard InChI is InChI=1S/C14H25N3O/c1-10(2)6-11(3)17-9-16-7-13(17)14(15)12-4-5-18-8-12/h7,9-12,14H,4-6,8,15H2,1-3H3. The number of aromatic nitrogens is 2. The number of nitrogens with zero attached hydrogens (tertiary/aromatic N) is 2. The van der Waals surface area contributed by atoms with Gasteiger partial charge in [0, 0.05) is 24.8 Å². The first-order valence-corrected chi connectivity index (χ1v) is 6.94. The molecule has 0 aromatic carbocycles. The van der Waals surface area contributed by atoms with Crippen LogP contribution in [0.3, 0.4) is 0 Å². The molecule has 0 bridgehead atoms. The summed E-state index contributed by atoms with van der Waals surface area (Å²) < 4.78 is 7.67. The van der Waals surface area contributed by atoms with Crippen LogP contribution in [0.2, 0.25) is 0 Å². The molecule has 1 fully saturated rings. The van der Waals surface area contributed by atoms with E-state index < -0.39 is 0 Å². The first-order chi connectivity index (χ1) is 8.59. The van der Waals surface area contributed by atoms with E-state index in [-0.39, 0.29) is 6.04 Å². The van der Waals surface area contributed by atoms with Crippen LogP contribution in [0.25, 0.3) is 0 Å². The molecule has 0 aliphatic carbocycles. The van der Waals surface area contributed by atoms with Crippen LogP contribution in [0.15, 0.2) is 12.5 Å². The van der Waals surface area contributed by atoms with Crippen molar-refractivity contribution in [1.82, 2.24) is 9.55 Å². The molecule has 0 saturated carbocycles. The van der Waals surface area contributed by atoms with E-state index in [0.29, 0.717) is 17.9 Å². The number of hydrogen-bond donors (Lipinski definition) is 1. The molecule has 0 amide bonds. The van der Waals surface area contributed by atoms with Crippen molar-refractivity contribution in [2.75, 3.05) is 13.2 Å². The van der Waals surface area contributed by atoms with E-state index in [1.165, 1.54) is 0 Å². The molecule has 4 nitrogen and oxygen atoms in total. The Hall–Kier alpha value is -0.870. The third-order valence-electron chi connectivity index (χ3n) is 3.80. The molecule has 1 aliphatic rings. The Bertz CT molecular complexity index is 369. The molecular weight excluding hydrogens is 226 g/mol. The van der Waals surface area contributed by atoms with E-state index in [1.807, 2.05) is 12.5 Å². The van der Waals surface area contributed by atoms with Crippen LogP contribution in [0.5, 0.6) is 0 Å². The molecule has 18 heavy (non-hydrogen) atoms. The van der Waals surface area contributed by atoms with Crippen LogP contribution in [-0.2, 0) is 4.74 Å². The maximum absolute atomic E-state index is 6.37. The lowest BCUT2D eigenvalue weighted by Crippen LogP contribution is -2.25. The van der Waals surface area contributed by atoms with Gasteiger partial charge in [-0.3, -0.25) is 0 Å². The Morgan fingerprint density at radius 1 is 1.50 bits per heavy atom. The van der Waals surface area contributed by atoms with Crippen molar-refractivity contribution in [1.29, 1.82) is 0 Å². The zero-order chi connectivity index (χ0) is 13.1. The van der Waals surface area contributed by atoms with Crippen molar-refractivity contribution >= 4 is 0 Å². The van der Waals surface area contributed by atoms with Crippen molar-refractivity contribution in [3.05, 3.63) is 18.2 Å². The predicted octanol–water partition coefficient (Wildman–Crippen LogP) is 2.53. The second-order valence-electron chi connectivity index (χ2n) is 5.85. The fourth-order valence-electron chi connectivity index (χ4n) is 2.81. The second kappa shape index (κ2) is 5.85. The highest BCUT2D eigenvalue weighted by Gasteiger charge is 2.27. The molecule has 1 aromatic heterocycles. The van der Waals surface area contributed by atoms with Gasteiger partial charge in [-0.15, -0.1) is 0 Å². The Morgan fingerprint density at radius 2 is 2.28 bits per heavy atom. The van der Waals surface area contributed by atoms with Crippen molar-refractivity contribution in [3.8, 4) is 0 Å². The molecule has 1 saturated heterocycles. The third kappa shape index (κ3) is 2.93. The van der Waals surface area contributed by atoms with E-state index in [9.17, 15) is 0 Å². The number of hydrogen-bond acceptors (Lipinski definition) is 3. The van der Waals surface area contributed by atoms with Crippen LogP contribution in [0.1, 0.15) is 51.4 Å². The maximum Gasteiger partial charge on any atom is 0.0951 e. The van der Waals surface area contributed by atoms with Gasteiger partial charge in [0.1, 0.15) is 0 Å². The largest absolute Gasteiger partial charge is 0.381 e. The van der Waals surface area contributed by atoms with Gasteiger partial charge in [0.2, 0.25) is 0 Å². The highest BCUT2D eigenvalue weighted by molar-refractivity contribution is 5.08. The minimum atomic E-state index is 0.0459. The van der Waals surface area contributed by atoms with Gasteiger partial charge in [0.15, 0.2) is 0 Å².